The highest BCUT2D eigenvalue weighted by Gasteiger charge is 2.13. The van der Waals surface area contributed by atoms with Crippen LogP contribution in [0.15, 0.2) is 40.2 Å². The molecular formula is C13H11BrO3S. The normalized spacial score (nSPS) is 10.1. The van der Waals surface area contributed by atoms with Crippen LogP contribution in [0.25, 0.3) is 0 Å². The third-order valence-electron chi connectivity index (χ3n) is 2.35. The third-order valence-corrected chi connectivity index (χ3v) is 4.17. The fourth-order valence-corrected chi connectivity index (χ4v) is 2.90. The highest BCUT2D eigenvalue weighted by atomic mass is 79.9. The second-order valence-corrected chi connectivity index (χ2v) is 5.26. The lowest BCUT2D eigenvalue weighted by atomic mass is 10.2. The number of benzene rings is 1. The van der Waals surface area contributed by atoms with Crippen LogP contribution >= 0.6 is 27.3 Å². The maximum Gasteiger partial charge on any atom is 0.349 e. The summed E-state index contributed by atoms with van der Waals surface area (Å²) in [6.45, 7) is 0.202. The fourth-order valence-electron chi connectivity index (χ4n) is 1.47. The summed E-state index contributed by atoms with van der Waals surface area (Å²) in [5, 5.41) is 1.84. The standard InChI is InChI=1S/C13H11BrO3S/c1-16-11-5-3-2-4-9(11)8-17-13(15)12-10(14)6-7-18-12/h2-7H,8H2,1H3. The van der Waals surface area contributed by atoms with Gasteiger partial charge in [0.15, 0.2) is 0 Å². The van der Waals surface area contributed by atoms with E-state index >= 15 is 0 Å². The molecular weight excluding hydrogens is 316 g/mol. The van der Waals surface area contributed by atoms with Gasteiger partial charge in [-0.15, -0.1) is 11.3 Å². The van der Waals surface area contributed by atoms with Crippen LogP contribution in [-0.2, 0) is 11.3 Å². The van der Waals surface area contributed by atoms with E-state index in [9.17, 15) is 4.79 Å². The van der Waals surface area contributed by atoms with Gasteiger partial charge in [-0.3, -0.25) is 0 Å². The van der Waals surface area contributed by atoms with E-state index in [0.717, 1.165) is 15.8 Å². The third kappa shape index (κ3) is 2.91. The molecule has 1 aromatic heterocycles. The van der Waals surface area contributed by atoms with Gasteiger partial charge in [0.2, 0.25) is 0 Å². The van der Waals surface area contributed by atoms with Crippen molar-refractivity contribution in [2.45, 2.75) is 6.61 Å². The van der Waals surface area contributed by atoms with E-state index in [2.05, 4.69) is 15.9 Å². The number of methoxy groups -OCH3 is 1. The smallest absolute Gasteiger partial charge is 0.349 e. The van der Waals surface area contributed by atoms with Crippen molar-refractivity contribution in [3.63, 3.8) is 0 Å². The van der Waals surface area contributed by atoms with Crippen molar-refractivity contribution in [3.8, 4) is 5.75 Å². The van der Waals surface area contributed by atoms with Crippen LogP contribution in [-0.4, -0.2) is 13.1 Å². The van der Waals surface area contributed by atoms with Crippen LogP contribution in [0.1, 0.15) is 15.2 Å². The molecule has 0 N–H and O–H groups in total. The fraction of sp³-hybridized carbons (Fsp3) is 0.154. The number of carbonyl (C=O) groups is 1. The molecule has 94 valence electrons. The average molecular weight is 327 g/mol. The van der Waals surface area contributed by atoms with Crippen LogP contribution in [0.2, 0.25) is 0 Å². The van der Waals surface area contributed by atoms with Gasteiger partial charge in [0.05, 0.1) is 7.11 Å². The van der Waals surface area contributed by atoms with Crippen LogP contribution in [0, 0.1) is 0 Å². The van der Waals surface area contributed by atoms with E-state index in [4.69, 9.17) is 9.47 Å². The van der Waals surface area contributed by atoms with Crippen molar-refractivity contribution in [1.29, 1.82) is 0 Å². The molecule has 0 spiro atoms. The molecule has 0 radical (unpaired) electrons. The van der Waals surface area contributed by atoms with E-state index < -0.39 is 0 Å². The van der Waals surface area contributed by atoms with Crippen molar-refractivity contribution in [2.75, 3.05) is 7.11 Å². The van der Waals surface area contributed by atoms with Crippen LogP contribution in [0.5, 0.6) is 5.75 Å². The Balaban J connectivity index is 2.04. The Kier molecular flexibility index (Phi) is 4.38. The monoisotopic (exact) mass is 326 g/mol. The molecule has 5 heteroatoms. The molecule has 0 aliphatic heterocycles. The Labute approximate surface area is 117 Å². The average Bonchev–Trinajstić information content (AvgIpc) is 2.82. The minimum absolute atomic E-state index is 0.202. The maximum atomic E-state index is 11.8. The molecule has 2 aromatic rings. The van der Waals surface area contributed by atoms with Crippen LogP contribution in [0.4, 0.5) is 0 Å². The molecule has 1 heterocycles. The molecule has 0 atom stereocenters. The van der Waals surface area contributed by atoms with E-state index in [0.29, 0.717) is 4.88 Å². The zero-order chi connectivity index (χ0) is 13.0. The second-order valence-electron chi connectivity index (χ2n) is 3.49. The van der Waals surface area contributed by atoms with E-state index in [1.54, 1.807) is 7.11 Å². The van der Waals surface area contributed by atoms with Crippen LogP contribution in [0.3, 0.4) is 0 Å². The predicted octanol–water partition coefficient (Wildman–Crippen LogP) is 3.88. The highest BCUT2D eigenvalue weighted by Crippen LogP contribution is 2.24. The Morgan fingerprint density at radius 2 is 2.11 bits per heavy atom. The topological polar surface area (TPSA) is 35.5 Å². The summed E-state index contributed by atoms with van der Waals surface area (Å²) in [7, 11) is 1.59. The van der Waals surface area contributed by atoms with Crippen molar-refractivity contribution >= 4 is 33.2 Å². The molecule has 0 unspecified atom stereocenters. The van der Waals surface area contributed by atoms with Gasteiger partial charge in [0.1, 0.15) is 17.2 Å². The van der Waals surface area contributed by atoms with E-state index in [1.165, 1.54) is 11.3 Å². The summed E-state index contributed by atoms with van der Waals surface area (Å²) < 4.78 is 11.2. The quantitative estimate of drug-likeness (QED) is 0.800. The van der Waals surface area contributed by atoms with Gasteiger partial charge in [-0.05, 0) is 33.4 Å². The molecule has 2 rings (SSSR count). The summed E-state index contributed by atoms with van der Waals surface area (Å²) in [6.07, 6.45) is 0. The molecule has 0 saturated heterocycles. The number of para-hydroxylation sites is 1. The minimum Gasteiger partial charge on any atom is -0.496 e. The Bertz CT molecular complexity index is 551. The van der Waals surface area contributed by atoms with E-state index in [1.807, 2.05) is 35.7 Å². The summed E-state index contributed by atoms with van der Waals surface area (Å²) in [5.41, 5.74) is 0.848. The molecule has 0 bridgehead atoms. The van der Waals surface area contributed by atoms with Gasteiger partial charge >= 0.3 is 5.97 Å². The van der Waals surface area contributed by atoms with Gasteiger partial charge in [0, 0.05) is 10.0 Å². The summed E-state index contributed by atoms with van der Waals surface area (Å²) in [6, 6.07) is 9.29. The first-order chi connectivity index (χ1) is 8.72. The summed E-state index contributed by atoms with van der Waals surface area (Å²) in [5.74, 6) is 0.387. The number of thiophene rings is 1. The summed E-state index contributed by atoms with van der Waals surface area (Å²) in [4.78, 5) is 12.4. The van der Waals surface area contributed by atoms with Crippen molar-refractivity contribution in [2.24, 2.45) is 0 Å². The largest absolute Gasteiger partial charge is 0.496 e. The zero-order valence-corrected chi connectivity index (χ0v) is 12.1. The molecule has 0 saturated carbocycles. The van der Waals surface area contributed by atoms with Gasteiger partial charge < -0.3 is 9.47 Å². The van der Waals surface area contributed by atoms with Gasteiger partial charge in [0.25, 0.3) is 0 Å². The van der Waals surface area contributed by atoms with Gasteiger partial charge in [-0.25, -0.2) is 4.79 Å². The lowest BCUT2D eigenvalue weighted by Crippen LogP contribution is -2.04. The number of esters is 1. The molecule has 0 amide bonds. The predicted molar refractivity (Wildman–Crippen MR) is 74.1 cm³/mol. The SMILES string of the molecule is COc1ccccc1COC(=O)c1sccc1Br. The van der Waals surface area contributed by atoms with Crippen molar-refractivity contribution < 1.29 is 14.3 Å². The van der Waals surface area contributed by atoms with Crippen molar-refractivity contribution in [3.05, 3.63) is 50.6 Å². The summed E-state index contributed by atoms with van der Waals surface area (Å²) >= 11 is 4.66. The number of hydrogen-bond acceptors (Lipinski definition) is 4. The molecule has 18 heavy (non-hydrogen) atoms. The Morgan fingerprint density at radius 3 is 2.78 bits per heavy atom. The Morgan fingerprint density at radius 1 is 1.33 bits per heavy atom. The first-order valence-electron chi connectivity index (χ1n) is 5.24. The lowest BCUT2D eigenvalue weighted by Gasteiger charge is -2.08. The van der Waals surface area contributed by atoms with Crippen LogP contribution < -0.4 is 4.74 Å². The maximum absolute atomic E-state index is 11.8. The number of carbonyl (C=O) groups excluding carboxylic acids is 1. The zero-order valence-electron chi connectivity index (χ0n) is 9.68. The second kappa shape index (κ2) is 6.02. The van der Waals surface area contributed by atoms with E-state index in [-0.39, 0.29) is 12.6 Å². The molecule has 0 aliphatic carbocycles. The van der Waals surface area contributed by atoms with Crippen molar-refractivity contribution in [1.82, 2.24) is 0 Å². The first-order valence-corrected chi connectivity index (χ1v) is 6.91. The number of hydrogen-bond donors (Lipinski definition) is 0. The molecule has 3 nitrogen and oxygen atoms in total. The van der Waals surface area contributed by atoms with Gasteiger partial charge in [-0.1, -0.05) is 18.2 Å². The molecule has 0 fully saturated rings. The Hall–Kier alpha value is -1.33. The number of ether oxygens (including phenoxy) is 2. The first kappa shape index (κ1) is 13.1. The van der Waals surface area contributed by atoms with Gasteiger partial charge in [-0.2, -0.15) is 0 Å². The number of halogens is 1. The molecule has 1 aromatic carbocycles. The lowest BCUT2D eigenvalue weighted by molar-refractivity contribution is 0.0475. The highest BCUT2D eigenvalue weighted by molar-refractivity contribution is 9.10. The molecule has 0 aliphatic rings. The minimum atomic E-state index is -0.331. The number of rotatable bonds is 4.